The number of carbonyl (C=O) groups excluding carboxylic acids is 1. The van der Waals surface area contributed by atoms with Crippen LogP contribution in [0.25, 0.3) is 0 Å². The fourth-order valence-corrected chi connectivity index (χ4v) is 9.33. The van der Waals surface area contributed by atoms with Gasteiger partial charge in [0.05, 0.1) is 31.7 Å². The van der Waals surface area contributed by atoms with Gasteiger partial charge in [-0.15, -0.1) is 0 Å². The average molecular weight is 403 g/mol. The number of carbonyl (C=O) groups is 1. The average Bonchev–Trinajstić information content (AvgIpc) is 2.95. The largest absolute Gasteiger partial charge is 0.393 e. The molecule has 2 N–H and O–H groups in total. The van der Waals surface area contributed by atoms with Crippen molar-refractivity contribution in [2.24, 2.45) is 39.9 Å². The van der Waals surface area contributed by atoms with Crippen LogP contribution in [0.4, 0.5) is 0 Å². The van der Waals surface area contributed by atoms with Gasteiger partial charge in [-0.25, -0.2) is 0 Å². The van der Waals surface area contributed by atoms with E-state index in [0.717, 1.165) is 37.6 Å². The number of likely N-dealkylation sites (tertiary alicyclic amines) is 1. The lowest BCUT2D eigenvalue weighted by atomic mass is 9.40. The summed E-state index contributed by atoms with van der Waals surface area (Å²) in [5, 5.41) is 10.4. The third kappa shape index (κ3) is 3.00. The van der Waals surface area contributed by atoms with E-state index < -0.39 is 0 Å². The molecule has 3 nitrogen and oxygen atoms in total. The molecule has 0 aromatic rings. The van der Waals surface area contributed by atoms with Crippen LogP contribution >= 0.6 is 0 Å². The zero-order valence-corrected chi connectivity index (χ0v) is 19.1. The zero-order valence-electron chi connectivity index (χ0n) is 19.1. The third-order valence-electron chi connectivity index (χ3n) is 11.3. The Labute approximate surface area is 178 Å². The molecule has 0 aromatic carbocycles. The van der Waals surface area contributed by atoms with Gasteiger partial charge in [0.15, 0.2) is 0 Å². The first-order valence-corrected chi connectivity index (χ1v) is 12.8. The van der Waals surface area contributed by atoms with Crippen molar-refractivity contribution in [1.82, 2.24) is 0 Å². The van der Waals surface area contributed by atoms with Gasteiger partial charge in [-0.3, -0.25) is 4.79 Å². The minimum Gasteiger partial charge on any atom is -0.393 e. The summed E-state index contributed by atoms with van der Waals surface area (Å²) >= 11 is 0. The fourth-order valence-electron chi connectivity index (χ4n) is 9.33. The van der Waals surface area contributed by atoms with Crippen molar-refractivity contribution in [1.29, 1.82) is 0 Å². The molecule has 0 aromatic heterocycles. The molecule has 8 atom stereocenters. The summed E-state index contributed by atoms with van der Waals surface area (Å²) in [5.41, 5.74) is 0.606. The zero-order chi connectivity index (χ0) is 20.4. The highest BCUT2D eigenvalue weighted by molar-refractivity contribution is 5.89. The second-order valence-electron chi connectivity index (χ2n) is 12.6. The number of Topliss-reactive ketones (excluding diaryl/α,β-unsaturated/α-hetero) is 1. The Balaban J connectivity index is 1.37. The number of piperidine rings is 1. The maximum atomic E-state index is 13.6. The monoisotopic (exact) mass is 402 g/mol. The minimum atomic E-state index is -0.0940. The summed E-state index contributed by atoms with van der Waals surface area (Å²) in [7, 11) is 0. The van der Waals surface area contributed by atoms with Crippen molar-refractivity contribution in [3.63, 3.8) is 0 Å². The van der Waals surface area contributed by atoms with Gasteiger partial charge in [0, 0.05) is 5.41 Å². The van der Waals surface area contributed by atoms with Gasteiger partial charge in [-0.1, -0.05) is 20.8 Å². The van der Waals surface area contributed by atoms with E-state index in [1.165, 1.54) is 64.5 Å². The number of quaternary nitrogens is 1. The van der Waals surface area contributed by atoms with Crippen molar-refractivity contribution in [3.8, 4) is 0 Å². The van der Waals surface area contributed by atoms with Crippen LogP contribution in [-0.2, 0) is 4.79 Å². The SMILES string of the molecule is C[C@@]12CC[C@H]3[C@H]4C[C@H](C[NH+]5CCCCC5)C(=O)[C@]4(C)CC[C@@H]3[C@]1(C)CC[C@H](O)C2. The standard InChI is InChI=1S/C26H43NO2/c1-24-10-8-20-21(26(24,3)12-7-19(28)16-24)9-11-25(2)22(20)15-18(23(25)29)17-27-13-5-4-6-14-27/h18-22,28H,4-17H2,1-3H3/p+1/t18-,19+,20-,21+,22-,24+,25-,26+/m1/s1. The number of aliphatic hydroxyl groups is 1. The highest BCUT2D eigenvalue weighted by Crippen LogP contribution is 2.69. The summed E-state index contributed by atoms with van der Waals surface area (Å²) in [6.07, 6.45) is 13.2. The van der Waals surface area contributed by atoms with E-state index in [9.17, 15) is 9.90 Å². The molecule has 4 saturated carbocycles. The van der Waals surface area contributed by atoms with Crippen LogP contribution in [0.3, 0.4) is 0 Å². The molecule has 4 aliphatic carbocycles. The minimum absolute atomic E-state index is 0.0423. The summed E-state index contributed by atoms with van der Waals surface area (Å²) in [6.45, 7) is 11.1. The van der Waals surface area contributed by atoms with E-state index in [1.54, 1.807) is 4.90 Å². The van der Waals surface area contributed by atoms with Crippen molar-refractivity contribution >= 4 is 5.78 Å². The van der Waals surface area contributed by atoms with Crippen LogP contribution < -0.4 is 4.90 Å². The Kier molecular flexibility index (Phi) is 4.98. The highest BCUT2D eigenvalue weighted by atomic mass is 16.3. The van der Waals surface area contributed by atoms with E-state index in [0.29, 0.717) is 28.4 Å². The molecule has 0 radical (unpaired) electrons. The second kappa shape index (κ2) is 7.05. The molecule has 5 aliphatic rings. The van der Waals surface area contributed by atoms with Crippen molar-refractivity contribution in [2.45, 2.75) is 97.5 Å². The van der Waals surface area contributed by atoms with Crippen molar-refractivity contribution in [3.05, 3.63) is 0 Å². The van der Waals surface area contributed by atoms with Crippen molar-refractivity contribution in [2.75, 3.05) is 19.6 Å². The lowest BCUT2D eigenvalue weighted by Crippen LogP contribution is -3.13. The number of nitrogens with one attached hydrogen (secondary N) is 1. The van der Waals surface area contributed by atoms with Crippen LogP contribution in [0.5, 0.6) is 0 Å². The van der Waals surface area contributed by atoms with Crippen LogP contribution in [0.1, 0.15) is 91.4 Å². The number of ketones is 1. The van der Waals surface area contributed by atoms with E-state index in [4.69, 9.17) is 0 Å². The van der Waals surface area contributed by atoms with Gasteiger partial charge in [-0.05, 0) is 99.2 Å². The Hall–Kier alpha value is -0.410. The summed E-state index contributed by atoms with van der Waals surface area (Å²) in [6, 6.07) is 0. The highest BCUT2D eigenvalue weighted by Gasteiger charge is 2.65. The van der Waals surface area contributed by atoms with E-state index in [1.807, 2.05) is 0 Å². The van der Waals surface area contributed by atoms with Crippen LogP contribution in [0, 0.1) is 39.9 Å². The number of fused-ring (bicyclic) bond motifs is 5. The Bertz CT molecular complexity index is 657. The molecule has 1 saturated heterocycles. The molecular weight excluding hydrogens is 358 g/mol. The number of hydrogen-bond acceptors (Lipinski definition) is 2. The third-order valence-corrected chi connectivity index (χ3v) is 11.3. The predicted octanol–water partition coefficient (Wildman–Crippen LogP) is 3.64. The van der Waals surface area contributed by atoms with Gasteiger partial charge in [0.25, 0.3) is 0 Å². The molecule has 0 bridgehead atoms. The quantitative estimate of drug-likeness (QED) is 0.740. The molecule has 1 heterocycles. The maximum absolute atomic E-state index is 13.6. The summed E-state index contributed by atoms with van der Waals surface area (Å²) in [5.74, 6) is 3.09. The molecule has 5 fully saturated rings. The van der Waals surface area contributed by atoms with E-state index >= 15 is 0 Å². The molecule has 0 spiro atoms. The summed E-state index contributed by atoms with van der Waals surface area (Å²) in [4.78, 5) is 15.3. The first-order chi connectivity index (χ1) is 13.8. The molecule has 0 unspecified atom stereocenters. The van der Waals surface area contributed by atoms with E-state index in [-0.39, 0.29) is 11.5 Å². The first kappa shape index (κ1) is 20.5. The Morgan fingerprint density at radius 2 is 1.72 bits per heavy atom. The van der Waals surface area contributed by atoms with Gasteiger partial charge >= 0.3 is 0 Å². The topological polar surface area (TPSA) is 41.7 Å². The Morgan fingerprint density at radius 1 is 0.966 bits per heavy atom. The van der Waals surface area contributed by atoms with Crippen molar-refractivity contribution < 1.29 is 14.8 Å². The first-order valence-electron chi connectivity index (χ1n) is 12.8. The molecule has 3 heteroatoms. The molecule has 5 rings (SSSR count). The normalized spacial score (nSPS) is 53.2. The van der Waals surface area contributed by atoms with Gasteiger partial charge < -0.3 is 10.0 Å². The molecule has 29 heavy (non-hydrogen) atoms. The van der Waals surface area contributed by atoms with Crippen LogP contribution in [0.2, 0.25) is 0 Å². The maximum Gasteiger partial charge on any atom is 0.147 e. The van der Waals surface area contributed by atoms with E-state index in [2.05, 4.69) is 20.8 Å². The number of aliphatic hydroxyl groups excluding tert-OH is 1. The van der Waals surface area contributed by atoms with Crippen LogP contribution in [-0.4, -0.2) is 36.6 Å². The van der Waals surface area contributed by atoms with Gasteiger partial charge in [0.2, 0.25) is 0 Å². The Morgan fingerprint density at radius 3 is 2.48 bits per heavy atom. The number of hydrogen-bond donors (Lipinski definition) is 2. The summed E-state index contributed by atoms with van der Waals surface area (Å²) < 4.78 is 0. The molecule has 164 valence electrons. The lowest BCUT2D eigenvalue weighted by molar-refractivity contribution is -0.907. The smallest absolute Gasteiger partial charge is 0.147 e. The predicted molar refractivity (Wildman–Crippen MR) is 116 cm³/mol. The van der Waals surface area contributed by atoms with Crippen LogP contribution in [0.15, 0.2) is 0 Å². The second-order valence-corrected chi connectivity index (χ2v) is 12.6. The molecule has 1 aliphatic heterocycles. The molecule has 0 amide bonds. The lowest BCUT2D eigenvalue weighted by Gasteiger charge is -2.64. The van der Waals surface area contributed by atoms with Gasteiger partial charge in [-0.2, -0.15) is 0 Å². The fraction of sp³-hybridized carbons (Fsp3) is 0.962. The van der Waals surface area contributed by atoms with Gasteiger partial charge in [0.1, 0.15) is 5.78 Å². The molecular formula is C26H44NO2+. The number of rotatable bonds is 2.